The van der Waals surface area contributed by atoms with Gasteiger partial charge in [0.1, 0.15) is 0 Å². The van der Waals surface area contributed by atoms with Gasteiger partial charge in [0.05, 0.1) is 5.69 Å². The predicted octanol–water partition coefficient (Wildman–Crippen LogP) is 4.40. The summed E-state index contributed by atoms with van der Waals surface area (Å²) in [5, 5.41) is 0. The standard InChI is InChI=1S/C17H21N/c1-12-14-9-5-7-13-8-6-10-18(16(13)14)11-15(12)17(2,3)4/h5,7,9,11H,1,6,8,10H2,2-4H3. The van der Waals surface area contributed by atoms with E-state index in [2.05, 4.69) is 56.6 Å². The predicted molar refractivity (Wildman–Crippen MR) is 78.7 cm³/mol. The maximum Gasteiger partial charge on any atom is 0.0518 e. The van der Waals surface area contributed by atoms with Crippen molar-refractivity contribution in [3.05, 3.63) is 47.7 Å². The zero-order valence-corrected chi connectivity index (χ0v) is 11.6. The minimum absolute atomic E-state index is 0.155. The molecular formula is C17H21N. The molecule has 3 rings (SSSR count). The molecule has 0 bridgehead atoms. The van der Waals surface area contributed by atoms with Crippen molar-refractivity contribution >= 4 is 11.3 Å². The second-order valence-corrected chi connectivity index (χ2v) is 6.38. The molecule has 94 valence electrons. The number of rotatable bonds is 0. The first-order valence-electron chi connectivity index (χ1n) is 6.79. The highest BCUT2D eigenvalue weighted by molar-refractivity contribution is 5.91. The van der Waals surface area contributed by atoms with Crippen molar-refractivity contribution < 1.29 is 0 Å². The van der Waals surface area contributed by atoms with Gasteiger partial charge in [0, 0.05) is 18.3 Å². The molecule has 2 aliphatic rings. The number of allylic oxidation sites excluding steroid dienone is 2. The SMILES string of the molecule is C=C1C(C(C)(C)C)=CN2CCCc3cccc1c32. The quantitative estimate of drug-likeness (QED) is 0.648. The Labute approximate surface area is 110 Å². The minimum atomic E-state index is 0.155. The number of benzene rings is 1. The number of hydrogen-bond donors (Lipinski definition) is 0. The van der Waals surface area contributed by atoms with Gasteiger partial charge in [0.2, 0.25) is 0 Å². The van der Waals surface area contributed by atoms with E-state index in [-0.39, 0.29) is 5.41 Å². The third-order valence-corrected chi connectivity index (χ3v) is 4.00. The normalized spacial score (nSPS) is 18.5. The molecule has 0 N–H and O–H groups in total. The highest BCUT2D eigenvalue weighted by Gasteiger charge is 2.30. The lowest BCUT2D eigenvalue weighted by atomic mass is 9.77. The Morgan fingerprint density at radius 1 is 1.22 bits per heavy atom. The van der Waals surface area contributed by atoms with Crippen LogP contribution in [0, 0.1) is 5.41 Å². The second kappa shape index (κ2) is 3.74. The van der Waals surface area contributed by atoms with Crippen LogP contribution in [-0.2, 0) is 6.42 Å². The molecule has 2 aliphatic heterocycles. The number of hydrogen-bond acceptors (Lipinski definition) is 1. The molecular weight excluding hydrogens is 218 g/mol. The summed E-state index contributed by atoms with van der Waals surface area (Å²) in [6.07, 6.45) is 4.77. The Morgan fingerprint density at radius 3 is 2.72 bits per heavy atom. The van der Waals surface area contributed by atoms with Crippen LogP contribution in [0.3, 0.4) is 0 Å². The van der Waals surface area contributed by atoms with E-state index in [0.29, 0.717) is 0 Å². The van der Waals surface area contributed by atoms with Gasteiger partial charge in [0.25, 0.3) is 0 Å². The van der Waals surface area contributed by atoms with E-state index < -0.39 is 0 Å². The Balaban J connectivity index is 2.20. The number of anilines is 1. The average Bonchev–Trinajstić information content (AvgIpc) is 2.32. The van der Waals surface area contributed by atoms with Crippen molar-refractivity contribution in [2.45, 2.75) is 33.6 Å². The van der Waals surface area contributed by atoms with E-state index in [4.69, 9.17) is 0 Å². The summed E-state index contributed by atoms with van der Waals surface area (Å²) in [6.45, 7) is 12.3. The summed E-state index contributed by atoms with van der Waals surface area (Å²) < 4.78 is 0. The van der Waals surface area contributed by atoms with E-state index in [9.17, 15) is 0 Å². The monoisotopic (exact) mass is 239 g/mol. The molecule has 0 saturated carbocycles. The molecule has 2 heterocycles. The van der Waals surface area contributed by atoms with Gasteiger partial charge in [-0.05, 0) is 35.0 Å². The van der Waals surface area contributed by atoms with E-state index >= 15 is 0 Å². The van der Waals surface area contributed by atoms with Gasteiger partial charge < -0.3 is 4.90 Å². The Hall–Kier alpha value is -1.50. The zero-order valence-electron chi connectivity index (χ0n) is 11.6. The molecule has 1 aromatic carbocycles. The van der Waals surface area contributed by atoms with Crippen molar-refractivity contribution in [1.29, 1.82) is 0 Å². The van der Waals surface area contributed by atoms with Gasteiger partial charge in [-0.25, -0.2) is 0 Å². The lowest BCUT2D eigenvalue weighted by molar-refractivity contribution is 0.516. The second-order valence-electron chi connectivity index (χ2n) is 6.38. The number of nitrogens with zero attached hydrogens (tertiary/aromatic N) is 1. The van der Waals surface area contributed by atoms with Crippen molar-refractivity contribution in [1.82, 2.24) is 0 Å². The zero-order chi connectivity index (χ0) is 12.9. The van der Waals surface area contributed by atoms with Crippen LogP contribution in [0.2, 0.25) is 0 Å². The maximum atomic E-state index is 4.34. The summed E-state index contributed by atoms with van der Waals surface area (Å²) >= 11 is 0. The van der Waals surface area contributed by atoms with E-state index in [1.54, 1.807) is 0 Å². The molecule has 0 aliphatic carbocycles. The molecule has 0 amide bonds. The highest BCUT2D eigenvalue weighted by Crippen LogP contribution is 2.46. The summed E-state index contributed by atoms with van der Waals surface area (Å²) in [6, 6.07) is 6.65. The van der Waals surface area contributed by atoms with Gasteiger partial charge in [-0.3, -0.25) is 0 Å². The molecule has 1 nitrogen and oxygen atoms in total. The first-order chi connectivity index (χ1) is 8.48. The fourth-order valence-corrected chi connectivity index (χ4v) is 3.08. The molecule has 18 heavy (non-hydrogen) atoms. The van der Waals surface area contributed by atoms with Crippen molar-refractivity contribution in [2.75, 3.05) is 11.4 Å². The van der Waals surface area contributed by atoms with Crippen molar-refractivity contribution in [3.63, 3.8) is 0 Å². The van der Waals surface area contributed by atoms with E-state index in [0.717, 1.165) is 6.54 Å². The smallest absolute Gasteiger partial charge is 0.0518 e. The van der Waals surface area contributed by atoms with Crippen LogP contribution in [0.4, 0.5) is 5.69 Å². The molecule has 0 atom stereocenters. The first kappa shape index (κ1) is 11.6. The van der Waals surface area contributed by atoms with Gasteiger partial charge in [0.15, 0.2) is 0 Å². The third kappa shape index (κ3) is 1.61. The fraction of sp³-hybridized carbons (Fsp3) is 0.412. The van der Waals surface area contributed by atoms with Crippen molar-refractivity contribution in [3.8, 4) is 0 Å². The summed E-state index contributed by atoms with van der Waals surface area (Å²) in [4.78, 5) is 2.43. The number of aryl methyl sites for hydroxylation is 1. The Bertz CT molecular complexity index is 543. The molecule has 0 fully saturated rings. The van der Waals surface area contributed by atoms with Crippen LogP contribution in [0.25, 0.3) is 5.57 Å². The van der Waals surface area contributed by atoms with E-state index in [1.165, 1.54) is 40.8 Å². The van der Waals surface area contributed by atoms with Crippen LogP contribution in [0.1, 0.15) is 38.3 Å². The molecule has 1 heteroatoms. The van der Waals surface area contributed by atoms with Gasteiger partial charge in [-0.1, -0.05) is 45.5 Å². The summed E-state index contributed by atoms with van der Waals surface area (Å²) in [5.74, 6) is 0. The summed E-state index contributed by atoms with van der Waals surface area (Å²) in [5.41, 5.74) is 6.94. The van der Waals surface area contributed by atoms with Crippen LogP contribution in [0.5, 0.6) is 0 Å². The van der Waals surface area contributed by atoms with Crippen LogP contribution < -0.4 is 4.90 Å². The molecule has 0 saturated heterocycles. The van der Waals surface area contributed by atoms with Crippen LogP contribution in [-0.4, -0.2) is 6.54 Å². The Kier molecular flexibility index (Phi) is 2.41. The van der Waals surface area contributed by atoms with Gasteiger partial charge in [-0.15, -0.1) is 0 Å². The van der Waals surface area contributed by atoms with Crippen LogP contribution >= 0.6 is 0 Å². The van der Waals surface area contributed by atoms with Gasteiger partial charge >= 0.3 is 0 Å². The topological polar surface area (TPSA) is 3.24 Å². The average molecular weight is 239 g/mol. The third-order valence-electron chi connectivity index (χ3n) is 4.00. The Morgan fingerprint density at radius 2 is 2.00 bits per heavy atom. The largest absolute Gasteiger partial charge is 0.347 e. The molecule has 0 aromatic heterocycles. The molecule has 0 unspecified atom stereocenters. The lowest BCUT2D eigenvalue weighted by Gasteiger charge is -2.39. The fourth-order valence-electron chi connectivity index (χ4n) is 3.08. The first-order valence-corrected chi connectivity index (χ1v) is 6.79. The maximum absolute atomic E-state index is 4.34. The summed E-state index contributed by atoms with van der Waals surface area (Å²) in [7, 11) is 0. The molecule has 1 aromatic rings. The number of para-hydroxylation sites is 1. The van der Waals surface area contributed by atoms with Gasteiger partial charge in [-0.2, -0.15) is 0 Å². The lowest BCUT2D eigenvalue weighted by Crippen LogP contribution is -2.30. The van der Waals surface area contributed by atoms with Crippen LogP contribution in [0.15, 0.2) is 36.6 Å². The molecule has 0 radical (unpaired) electrons. The van der Waals surface area contributed by atoms with E-state index in [1.807, 2.05) is 0 Å². The minimum Gasteiger partial charge on any atom is -0.347 e. The molecule has 0 spiro atoms. The van der Waals surface area contributed by atoms with Crippen molar-refractivity contribution in [2.24, 2.45) is 5.41 Å². The highest BCUT2D eigenvalue weighted by atomic mass is 15.1.